The van der Waals surface area contributed by atoms with E-state index in [0.717, 1.165) is 52.9 Å². The fourth-order valence-electron chi connectivity index (χ4n) is 7.28. The second kappa shape index (κ2) is 12.7. The summed E-state index contributed by atoms with van der Waals surface area (Å²) in [4.78, 5) is 22.8. The van der Waals surface area contributed by atoms with Gasteiger partial charge in [-0.05, 0) is 95.7 Å². The van der Waals surface area contributed by atoms with Gasteiger partial charge in [0.05, 0.1) is 35.8 Å². The fourth-order valence-corrected chi connectivity index (χ4v) is 7.28. The zero-order chi connectivity index (χ0) is 34.6. The number of fused-ring (bicyclic) bond motifs is 2. The van der Waals surface area contributed by atoms with Crippen LogP contribution >= 0.6 is 0 Å². The van der Waals surface area contributed by atoms with Gasteiger partial charge in [0.25, 0.3) is 0 Å². The second-order valence-electron chi connectivity index (χ2n) is 14.0. The molecule has 7 rings (SSSR count). The highest BCUT2D eigenvalue weighted by molar-refractivity contribution is 6.02. The molecule has 0 bridgehead atoms. The van der Waals surface area contributed by atoms with E-state index in [1.165, 1.54) is 6.07 Å². The van der Waals surface area contributed by atoms with Crippen LogP contribution in [0.5, 0.6) is 5.75 Å². The van der Waals surface area contributed by atoms with E-state index in [1.54, 1.807) is 13.1 Å². The van der Waals surface area contributed by atoms with E-state index in [1.807, 2.05) is 74.6 Å². The van der Waals surface area contributed by atoms with Crippen LogP contribution in [0, 0.1) is 19.7 Å². The molecule has 0 radical (unpaired) electrons. The Bertz CT molecular complexity index is 2070. The molecular formula is C38H42FN5O5. The molecule has 6 heterocycles. The molecule has 5 aromatic rings. The first kappa shape index (κ1) is 32.9. The molecule has 1 N–H and O–H groups in total. The van der Waals surface area contributed by atoms with Crippen LogP contribution in [0.25, 0.3) is 44.7 Å². The first-order chi connectivity index (χ1) is 23.4. The Hall–Kier alpha value is -4.61. The molecule has 0 saturated carbocycles. The third-order valence-corrected chi connectivity index (χ3v) is 9.59. The number of aromatic nitrogens is 5. The van der Waals surface area contributed by atoms with Crippen LogP contribution in [0.15, 0.2) is 42.9 Å². The minimum Gasteiger partial charge on any atom is -0.490 e. The lowest BCUT2D eigenvalue weighted by Gasteiger charge is -2.29. The van der Waals surface area contributed by atoms with Crippen molar-refractivity contribution >= 4 is 17.0 Å². The minimum absolute atomic E-state index is 0.267. The number of hydrogen-bond acceptors (Lipinski definition) is 7. The summed E-state index contributed by atoms with van der Waals surface area (Å²) < 4.78 is 37.4. The molecule has 1 unspecified atom stereocenters. The molecule has 10 nitrogen and oxygen atoms in total. The number of carboxylic acids is 1. The molecule has 2 aliphatic rings. The number of aliphatic carboxylic acids is 1. The Morgan fingerprint density at radius 1 is 1.14 bits per heavy atom. The average Bonchev–Trinajstić information content (AvgIpc) is 3.70. The molecule has 1 aromatic carbocycles. The van der Waals surface area contributed by atoms with Crippen LogP contribution in [0.2, 0.25) is 0 Å². The van der Waals surface area contributed by atoms with Gasteiger partial charge in [-0.3, -0.25) is 9.67 Å². The number of nitrogens with zero attached hydrogens (tertiary/aromatic N) is 5. The van der Waals surface area contributed by atoms with Crippen LogP contribution < -0.4 is 4.74 Å². The van der Waals surface area contributed by atoms with Crippen molar-refractivity contribution in [1.29, 1.82) is 0 Å². The summed E-state index contributed by atoms with van der Waals surface area (Å²) in [5.74, 6) is -1.35. The molecular weight excluding hydrogens is 625 g/mol. The van der Waals surface area contributed by atoms with Crippen molar-refractivity contribution in [2.24, 2.45) is 7.05 Å². The van der Waals surface area contributed by atoms with Crippen molar-refractivity contribution < 1.29 is 28.5 Å². The van der Waals surface area contributed by atoms with E-state index in [-0.39, 0.29) is 11.8 Å². The van der Waals surface area contributed by atoms with Crippen LogP contribution in [-0.2, 0) is 27.7 Å². The number of aryl methyl sites for hydroxylation is 2. The summed E-state index contributed by atoms with van der Waals surface area (Å²) in [6.07, 6.45) is 7.54. The SMILES string of the molecule is Cc1nc2c(cc(-c3cccnc3-c3cnn(C4CCOCC4)c3)n2C)c(-c2cc(F)c3c(c2C)CCCO3)c1C(OC(C)(C)C)C(=O)O. The van der Waals surface area contributed by atoms with Gasteiger partial charge in [0, 0.05) is 71.6 Å². The lowest BCUT2D eigenvalue weighted by Crippen LogP contribution is -2.28. The highest BCUT2D eigenvalue weighted by Crippen LogP contribution is 2.46. The van der Waals surface area contributed by atoms with Crippen molar-refractivity contribution in [2.75, 3.05) is 19.8 Å². The van der Waals surface area contributed by atoms with Gasteiger partial charge in [-0.25, -0.2) is 14.2 Å². The predicted octanol–water partition coefficient (Wildman–Crippen LogP) is 7.54. The molecule has 1 atom stereocenters. The standard InChI is InChI=1S/C38H42FN5O5/c1-21-25-10-8-14-48-34(25)29(39)17-27(21)32-28-18-30(43(6)36(28)42-22(2)31(32)35(37(45)46)49-38(3,4)5)26-9-7-13-40-33(26)23-19-41-44(20-23)24-11-15-47-16-12-24/h7,9,13,17-20,24,35H,8,10-12,14-16H2,1-6H3,(H,45,46). The maximum absolute atomic E-state index is 15.9. The zero-order valence-electron chi connectivity index (χ0n) is 28.8. The van der Waals surface area contributed by atoms with Gasteiger partial charge in [0.1, 0.15) is 5.65 Å². The first-order valence-electron chi connectivity index (χ1n) is 16.9. The molecule has 49 heavy (non-hydrogen) atoms. The van der Waals surface area contributed by atoms with Gasteiger partial charge in [-0.15, -0.1) is 0 Å². The van der Waals surface area contributed by atoms with E-state index >= 15 is 4.39 Å². The number of rotatable bonds is 7. The minimum atomic E-state index is -1.35. The zero-order valence-corrected chi connectivity index (χ0v) is 28.8. The van der Waals surface area contributed by atoms with Crippen LogP contribution in [0.4, 0.5) is 4.39 Å². The fraction of sp³-hybridized carbons (Fsp3) is 0.421. The molecule has 1 saturated heterocycles. The summed E-state index contributed by atoms with van der Waals surface area (Å²) in [6, 6.07) is 7.65. The Labute approximate surface area is 284 Å². The number of halogens is 1. The number of carbonyl (C=O) groups is 1. The molecule has 0 amide bonds. The van der Waals surface area contributed by atoms with Crippen molar-refractivity contribution in [3.05, 3.63) is 71.1 Å². The van der Waals surface area contributed by atoms with Crippen molar-refractivity contribution in [2.45, 2.75) is 78.0 Å². The highest BCUT2D eigenvalue weighted by Gasteiger charge is 2.35. The van der Waals surface area contributed by atoms with Gasteiger partial charge in [0.2, 0.25) is 0 Å². The Balaban J connectivity index is 1.48. The second-order valence-corrected chi connectivity index (χ2v) is 14.0. The molecule has 0 aliphatic carbocycles. The number of benzene rings is 1. The van der Waals surface area contributed by atoms with E-state index in [4.69, 9.17) is 29.3 Å². The summed E-state index contributed by atoms with van der Waals surface area (Å²) in [7, 11) is 1.93. The van der Waals surface area contributed by atoms with E-state index in [2.05, 4.69) is 0 Å². The average molecular weight is 668 g/mol. The van der Waals surface area contributed by atoms with E-state index in [9.17, 15) is 9.90 Å². The maximum Gasteiger partial charge on any atom is 0.337 e. The van der Waals surface area contributed by atoms with E-state index < -0.39 is 23.5 Å². The number of ether oxygens (including phenoxy) is 3. The third-order valence-electron chi connectivity index (χ3n) is 9.59. The smallest absolute Gasteiger partial charge is 0.337 e. The van der Waals surface area contributed by atoms with Crippen LogP contribution in [0.3, 0.4) is 0 Å². The summed E-state index contributed by atoms with van der Waals surface area (Å²) in [5.41, 5.74) is 6.89. The third kappa shape index (κ3) is 5.99. The quantitative estimate of drug-likeness (QED) is 0.189. The number of hydrogen-bond donors (Lipinski definition) is 1. The van der Waals surface area contributed by atoms with E-state index in [0.29, 0.717) is 59.7 Å². The molecule has 256 valence electrons. The van der Waals surface area contributed by atoms with Crippen LogP contribution in [-0.4, -0.2) is 60.8 Å². The lowest BCUT2D eigenvalue weighted by atomic mass is 9.86. The Kier molecular flexibility index (Phi) is 8.52. The molecule has 11 heteroatoms. The summed E-state index contributed by atoms with van der Waals surface area (Å²) >= 11 is 0. The molecule has 2 aliphatic heterocycles. The lowest BCUT2D eigenvalue weighted by molar-refractivity contribution is -0.160. The van der Waals surface area contributed by atoms with Gasteiger partial charge >= 0.3 is 5.97 Å². The summed E-state index contributed by atoms with van der Waals surface area (Å²) in [6.45, 7) is 11.1. The molecule has 1 fully saturated rings. The van der Waals surface area contributed by atoms with Crippen LogP contribution in [0.1, 0.15) is 74.6 Å². The molecule has 0 spiro atoms. The maximum atomic E-state index is 15.9. The Morgan fingerprint density at radius 2 is 1.92 bits per heavy atom. The van der Waals surface area contributed by atoms with Crippen molar-refractivity contribution in [3.8, 4) is 39.4 Å². The highest BCUT2D eigenvalue weighted by atomic mass is 19.1. The molecule has 4 aromatic heterocycles. The monoisotopic (exact) mass is 667 g/mol. The van der Waals surface area contributed by atoms with Crippen molar-refractivity contribution in [3.63, 3.8) is 0 Å². The number of carboxylic acid groups (broad SMARTS) is 1. The van der Waals surface area contributed by atoms with Gasteiger partial charge in [-0.1, -0.05) is 0 Å². The van der Waals surface area contributed by atoms with Gasteiger partial charge in [-0.2, -0.15) is 5.10 Å². The topological polar surface area (TPSA) is 114 Å². The predicted molar refractivity (Wildman–Crippen MR) is 184 cm³/mol. The van der Waals surface area contributed by atoms with Gasteiger partial charge in [0.15, 0.2) is 17.7 Å². The first-order valence-corrected chi connectivity index (χ1v) is 16.9. The summed E-state index contributed by atoms with van der Waals surface area (Å²) in [5, 5.41) is 16.0. The van der Waals surface area contributed by atoms with Crippen molar-refractivity contribution in [1.82, 2.24) is 24.3 Å². The number of pyridine rings is 2. The normalized spacial score (nSPS) is 16.1. The van der Waals surface area contributed by atoms with Gasteiger partial charge < -0.3 is 23.9 Å². The largest absolute Gasteiger partial charge is 0.490 e. The Morgan fingerprint density at radius 3 is 2.65 bits per heavy atom.